The lowest BCUT2D eigenvalue weighted by molar-refractivity contribution is -0.129. The number of rotatable bonds is 4. The fourth-order valence-electron chi connectivity index (χ4n) is 3.96. The Balaban J connectivity index is 1.60. The highest BCUT2D eigenvalue weighted by atomic mass is 16.2. The minimum absolute atomic E-state index is 0.147. The van der Waals surface area contributed by atoms with E-state index >= 15 is 0 Å². The van der Waals surface area contributed by atoms with Crippen LogP contribution in [-0.4, -0.2) is 41.2 Å². The normalized spacial score (nSPS) is 21.3. The topological polar surface area (TPSA) is 78.5 Å². The van der Waals surface area contributed by atoms with Crippen LogP contribution in [-0.2, 0) is 9.59 Å². The molecule has 1 atom stereocenters. The van der Waals surface area contributed by atoms with E-state index < -0.39 is 0 Å². The zero-order chi connectivity index (χ0) is 18.5. The molecule has 3 amide bonds. The van der Waals surface area contributed by atoms with Crippen LogP contribution in [0, 0.1) is 0 Å². The molecule has 140 valence electrons. The van der Waals surface area contributed by atoms with Crippen LogP contribution in [0.5, 0.6) is 0 Å². The highest BCUT2D eigenvalue weighted by Gasteiger charge is 2.35. The second kappa shape index (κ2) is 8.34. The monoisotopic (exact) mass is 357 g/mol. The van der Waals surface area contributed by atoms with Crippen molar-refractivity contribution in [3.8, 4) is 0 Å². The number of hydrogen-bond acceptors (Lipinski definition) is 3. The van der Waals surface area contributed by atoms with E-state index in [1.54, 1.807) is 24.3 Å². The number of carbonyl (C=O) groups is 3. The summed E-state index contributed by atoms with van der Waals surface area (Å²) < 4.78 is 0. The Kier molecular flexibility index (Phi) is 5.91. The fourth-order valence-corrected chi connectivity index (χ4v) is 3.96. The van der Waals surface area contributed by atoms with Gasteiger partial charge in [-0.3, -0.25) is 14.4 Å². The third kappa shape index (κ3) is 4.62. The number of amides is 3. The number of carbonyl (C=O) groups excluding carboxylic acids is 3. The van der Waals surface area contributed by atoms with Gasteiger partial charge in [0.2, 0.25) is 11.8 Å². The average Bonchev–Trinajstić information content (AvgIpc) is 2.80. The largest absolute Gasteiger partial charge is 0.347 e. The van der Waals surface area contributed by atoms with Gasteiger partial charge in [-0.25, -0.2) is 0 Å². The van der Waals surface area contributed by atoms with Crippen LogP contribution in [0.3, 0.4) is 0 Å². The van der Waals surface area contributed by atoms with Gasteiger partial charge in [-0.05, 0) is 31.0 Å². The van der Waals surface area contributed by atoms with Gasteiger partial charge < -0.3 is 15.5 Å². The molecule has 2 N–H and O–H groups in total. The van der Waals surface area contributed by atoms with E-state index in [2.05, 4.69) is 10.6 Å². The second-order valence-corrected chi connectivity index (χ2v) is 7.33. The molecule has 3 rings (SSSR count). The molecular weight excluding hydrogens is 330 g/mol. The van der Waals surface area contributed by atoms with E-state index in [0.717, 1.165) is 12.8 Å². The molecule has 1 unspecified atom stereocenters. The van der Waals surface area contributed by atoms with E-state index in [1.165, 1.54) is 32.6 Å². The average molecular weight is 357 g/mol. The SMILES string of the molecule is CC(=O)Nc1cccc(C(=O)NC2CC(=O)N(C3CCCCCC3)C2)c1. The number of likely N-dealkylation sites (tertiary alicyclic amines) is 1. The maximum absolute atomic E-state index is 12.5. The summed E-state index contributed by atoms with van der Waals surface area (Å²) >= 11 is 0. The smallest absolute Gasteiger partial charge is 0.251 e. The summed E-state index contributed by atoms with van der Waals surface area (Å²) in [7, 11) is 0. The van der Waals surface area contributed by atoms with Crippen LogP contribution in [0.2, 0.25) is 0 Å². The van der Waals surface area contributed by atoms with Crippen LogP contribution >= 0.6 is 0 Å². The molecule has 0 spiro atoms. The van der Waals surface area contributed by atoms with Gasteiger partial charge in [0.05, 0.1) is 6.04 Å². The van der Waals surface area contributed by atoms with E-state index in [9.17, 15) is 14.4 Å². The first-order valence-electron chi connectivity index (χ1n) is 9.51. The first-order chi connectivity index (χ1) is 12.5. The Hall–Kier alpha value is -2.37. The molecule has 0 aromatic heterocycles. The Morgan fingerprint density at radius 3 is 2.54 bits per heavy atom. The van der Waals surface area contributed by atoms with Crippen molar-refractivity contribution in [2.24, 2.45) is 0 Å². The third-order valence-electron chi connectivity index (χ3n) is 5.20. The molecule has 1 heterocycles. The standard InChI is InChI=1S/C20H27N3O3/c1-14(24)21-16-8-6-7-15(11-16)20(26)22-17-12-19(25)23(13-17)18-9-4-2-3-5-10-18/h6-8,11,17-18H,2-5,9-10,12-13H2,1H3,(H,21,24)(H,22,26). The summed E-state index contributed by atoms with van der Waals surface area (Å²) in [5.74, 6) is -0.241. The third-order valence-corrected chi connectivity index (χ3v) is 5.20. The lowest BCUT2D eigenvalue weighted by Crippen LogP contribution is -2.40. The van der Waals surface area contributed by atoms with Gasteiger partial charge in [0.25, 0.3) is 5.91 Å². The quantitative estimate of drug-likeness (QED) is 0.813. The molecule has 1 saturated carbocycles. The van der Waals surface area contributed by atoms with Crippen LogP contribution in [0.4, 0.5) is 5.69 Å². The van der Waals surface area contributed by atoms with E-state index in [-0.39, 0.29) is 23.8 Å². The Labute approximate surface area is 154 Å². The summed E-state index contributed by atoms with van der Waals surface area (Å²) in [5.41, 5.74) is 1.07. The maximum atomic E-state index is 12.5. The Morgan fingerprint density at radius 2 is 1.85 bits per heavy atom. The van der Waals surface area contributed by atoms with Gasteiger partial charge in [-0.2, -0.15) is 0 Å². The summed E-state index contributed by atoms with van der Waals surface area (Å²) in [6.45, 7) is 2.03. The molecule has 26 heavy (non-hydrogen) atoms. The molecule has 1 aromatic carbocycles. The van der Waals surface area contributed by atoms with Gasteiger partial charge in [0, 0.05) is 37.2 Å². The van der Waals surface area contributed by atoms with Crippen molar-refractivity contribution in [2.45, 2.75) is 64.0 Å². The van der Waals surface area contributed by atoms with Crippen molar-refractivity contribution in [1.29, 1.82) is 0 Å². The number of hydrogen-bond donors (Lipinski definition) is 2. The van der Waals surface area contributed by atoms with Crippen molar-refractivity contribution < 1.29 is 14.4 Å². The minimum Gasteiger partial charge on any atom is -0.347 e. The number of anilines is 1. The van der Waals surface area contributed by atoms with Crippen molar-refractivity contribution in [3.63, 3.8) is 0 Å². The van der Waals surface area contributed by atoms with Gasteiger partial charge in [-0.15, -0.1) is 0 Å². The highest BCUT2D eigenvalue weighted by molar-refractivity contribution is 5.97. The number of benzene rings is 1. The summed E-state index contributed by atoms with van der Waals surface area (Å²) in [6, 6.07) is 7.01. The maximum Gasteiger partial charge on any atom is 0.251 e. The van der Waals surface area contributed by atoms with Gasteiger partial charge in [0.1, 0.15) is 0 Å². The summed E-state index contributed by atoms with van der Waals surface area (Å²) in [6.07, 6.45) is 7.39. The zero-order valence-electron chi connectivity index (χ0n) is 15.3. The van der Waals surface area contributed by atoms with Gasteiger partial charge >= 0.3 is 0 Å². The van der Waals surface area contributed by atoms with Crippen molar-refractivity contribution in [3.05, 3.63) is 29.8 Å². The molecule has 2 aliphatic rings. The first kappa shape index (κ1) is 18.4. The molecule has 2 fully saturated rings. The van der Waals surface area contributed by atoms with Gasteiger partial charge in [0.15, 0.2) is 0 Å². The fraction of sp³-hybridized carbons (Fsp3) is 0.550. The van der Waals surface area contributed by atoms with E-state index in [0.29, 0.717) is 30.3 Å². The molecule has 0 radical (unpaired) electrons. The van der Waals surface area contributed by atoms with Crippen molar-refractivity contribution in [1.82, 2.24) is 10.2 Å². The molecule has 1 aliphatic carbocycles. The van der Waals surface area contributed by atoms with Crippen LogP contribution < -0.4 is 10.6 Å². The van der Waals surface area contributed by atoms with Crippen molar-refractivity contribution in [2.75, 3.05) is 11.9 Å². The molecular formula is C20H27N3O3. The van der Waals surface area contributed by atoms with Crippen LogP contribution in [0.15, 0.2) is 24.3 Å². The molecule has 6 heteroatoms. The highest BCUT2D eigenvalue weighted by Crippen LogP contribution is 2.26. The predicted octanol–water partition coefficient (Wildman–Crippen LogP) is 2.70. The van der Waals surface area contributed by atoms with E-state index in [1.807, 2.05) is 4.90 Å². The van der Waals surface area contributed by atoms with Crippen LogP contribution in [0.25, 0.3) is 0 Å². The summed E-state index contributed by atoms with van der Waals surface area (Å²) in [4.78, 5) is 38.1. The van der Waals surface area contributed by atoms with Crippen molar-refractivity contribution >= 4 is 23.4 Å². The molecule has 1 aromatic rings. The lowest BCUT2D eigenvalue weighted by Gasteiger charge is -2.27. The minimum atomic E-state index is -0.210. The zero-order valence-corrected chi connectivity index (χ0v) is 15.3. The second-order valence-electron chi connectivity index (χ2n) is 7.33. The Bertz CT molecular complexity index is 681. The molecule has 1 aliphatic heterocycles. The Morgan fingerprint density at radius 1 is 1.12 bits per heavy atom. The first-order valence-corrected chi connectivity index (χ1v) is 9.51. The van der Waals surface area contributed by atoms with Gasteiger partial charge in [-0.1, -0.05) is 31.7 Å². The molecule has 0 bridgehead atoms. The van der Waals surface area contributed by atoms with E-state index in [4.69, 9.17) is 0 Å². The lowest BCUT2D eigenvalue weighted by atomic mass is 10.1. The number of nitrogens with one attached hydrogen (secondary N) is 2. The number of nitrogens with zero attached hydrogens (tertiary/aromatic N) is 1. The van der Waals surface area contributed by atoms with Crippen LogP contribution in [0.1, 0.15) is 62.2 Å². The predicted molar refractivity (Wildman–Crippen MR) is 99.8 cm³/mol. The molecule has 1 saturated heterocycles. The summed E-state index contributed by atoms with van der Waals surface area (Å²) in [5, 5.41) is 5.65. The molecule has 6 nitrogen and oxygen atoms in total.